The summed E-state index contributed by atoms with van der Waals surface area (Å²) >= 11 is 0. The maximum atomic E-state index is 5.37. The minimum Gasteiger partial charge on any atom is -0.358 e. The molecule has 3 heteroatoms. The quantitative estimate of drug-likeness (QED) is 0.326. The van der Waals surface area contributed by atoms with Crippen molar-refractivity contribution in [1.82, 2.24) is 0 Å². The second-order valence-corrected chi connectivity index (χ2v) is 1.57. The minimum absolute atomic E-state index is 0.333. The first-order valence-corrected chi connectivity index (χ1v) is 2.71. The lowest BCUT2D eigenvalue weighted by Crippen LogP contribution is -2.26. The van der Waals surface area contributed by atoms with E-state index in [9.17, 15) is 0 Å². The van der Waals surface area contributed by atoms with Gasteiger partial charge in [-0.3, -0.25) is 4.99 Å². The van der Waals surface area contributed by atoms with Gasteiger partial charge in [0.2, 0.25) is 0 Å². The van der Waals surface area contributed by atoms with Gasteiger partial charge in [-0.05, 0) is 6.72 Å². The number of nitrogens with two attached hydrogens (primary N) is 1. The lowest BCUT2D eigenvalue weighted by atomic mass is 10.6. The maximum absolute atomic E-state index is 5.37. The van der Waals surface area contributed by atoms with E-state index in [1.807, 2.05) is 0 Å². The Kier molecular flexibility index (Phi) is 5.06. The molecule has 0 aromatic rings. The zero-order valence-corrected chi connectivity index (χ0v) is 5.42. The second kappa shape index (κ2) is 5.47. The summed E-state index contributed by atoms with van der Waals surface area (Å²) in [6.45, 7) is 7.65. The van der Waals surface area contributed by atoms with Gasteiger partial charge in [0.15, 0.2) is 0 Å². The molecule has 52 valence electrons. The third-order valence-corrected chi connectivity index (χ3v) is 0.737. The molecule has 0 amide bonds. The summed E-state index contributed by atoms with van der Waals surface area (Å²) in [6, 6.07) is 0. The van der Waals surface area contributed by atoms with Gasteiger partial charge in [-0.25, -0.2) is 0 Å². The molecule has 3 nitrogen and oxygen atoms in total. The Bertz CT molecular complexity index is 93.1. The molecule has 0 bridgehead atoms. The van der Waals surface area contributed by atoms with Crippen molar-refractivity contribution in [1.29, 1.82) is 0 Å². The van der Waals surface area contributed by atoms with Gasteiger partial charge in [-0.1, -0.05) is 6.08 Å². The van der Waals surface area contributed by atoms with Crippen LogP contribution in [0.2, 0.25) is 0 Å². The molecule has 0 heterocycles. The predicted octanol–water partition coefficient (Wildman–Crippen LogP) is 0.174. The van der Waals surface area contributed by atoms with Crippen molar-refractivity contribution in [2.45, 2.75) is 6.23 Å². The molecule has 0 radical (unpaired) electrons. The summed E-state index contributed by atoms with van der Waals surface area (Å²) in [4.78, 5) is 3.55. The van der Waals surface area contributed by atoms with Crippen molar-refractivity contribution >= 4 is 6.72 Å². The molecular weight excluding hydrogens is 116 g/mol. The van der Waals surface area contributed by atoms with Gasteiger partial charge in [-0.15, -0.1) is 6.58 Å². The number of nitrogens with zero attached hydrogens (tertiary/aromatic N) is 1. The third kappa shape index (κ3) is 5.20. The molecule has 0 aromatic heterocycles. The average molecular weight is 128 g/mol. The standard InChI is InChI=1S/C6H12N2O/c1-3-4-9-6(7)5-8-2/h3,6H,1-2,4-5,7H2. The van der Waals surface area contributed by atoms with E-state index < -0.39 is 0 Å². The average Bonchev–Trinajstić information content (AvgIpc) is 1.85. The van der Waals surface area contributed by atoms with Crippen LogP contribution in [0.3, 0.4) is 0 Å². The normalized spacial score (nSPS) is 12.6. The highest BCUT2D eigenvalue weighted by molar-refractivity contribution is 5.23. The van der Waals surface area contributed by atoms with Gasteiger partial charge in [-0.2, -0.15) is 0 Å². The molecule has 9 heavy (non-hydrogen) atoms. The van der Waals surface area contributed by atoms with E-state index in [0.717, 1.165) is 0 Å². The first-order valence-electron chi connectivity index (χ1n) is 2.71. The topological polar surface area (TPSA) is 47.6 Å². The molecule has 0 spiro atoms. The van der Waals surface area contributed by atoms with Gasteiger partial charge in [0, 0.05) is 0 Å². The molecule has 0 saturated carbocycles. The van der Waals surface area contributed by atoms with Crippen molar-refractivity contribution < 1.29 is 4.74 Å². The van der Waals surface area contributed by atoms with Gasteiger partial charge in [0.25, 0.3) is 0 Å². The Labute approximate surface area is 55.2 Å². The van der Waals surface area contributed by atoms with Gasteiger partial charge >= 0.3 is 0 Å². The third-order valence-electron chi connectivity index (χ3n) is 0.737. The van der Waals surface area contributed by atoms with Crippen LogP contribution in [0.1, 0.15) is 0 Å². The maximum Gasteiger partial charge on any atom is 0.125 e. The summed E-state index contributed by atoms with van der Waals surface area (Å²) in [7, 11) is 0. The summed E-state index contributed by atoms with van der Waals surface area (Å²) in [5.41, 5.74) is 5.37. The number of hydrogen-bond acceptors (Lipinski definition) is 3. The summed E-state index contributed by atoms with van der Waals surface area (Å²) in [6.07, 6.45) is 1.31. The van der Waals surface area contributed by atoms with Crippen LogP contribution in [-0.2, 0) is 4.74 Å². The first-order chi connectivity index (χ1) is 4.31. The van der Waals surface area contributed by atoms with Crippen molar-refractivity contribution in [3.8, 4) is 0 Å². The van der Waals surface area contributed by atoms with Crippen LogP contribution in [0.25, 0.3) is 0 Å². The van der Waals surface area contributed by atoms with Crippen LogP contribution in [0.5, 0.6) is 0 Å². The van der Waals surface area contributed by atoms with Gasteiger partial charge in [0.05, 0.1) is 13.2 Å². The minimum atomic E-state index is -0.333. The molecule has 1 unspecified atom stereocenters. The Morgan fingerprint density at radius 2 is 2.44 bits per heavy atom. The Hall–Kier alpha value is -0.670. The molecule has 0 aliphatic carbocycles. The van der Waals surface area contributed by atoms with Crippen molar-refractivity contribution in [2.24, 2.45) is 10.7 Å². The fourth-order valence-electron chi connectivity index (χ4n) is 0.372. The van der Waals surface area contributed by atoms with Crippen LogP contribution < -0.4 is 5.73 Å². The molecule has 0 aromatic carbocycles. The smallest absolute Gasteiger partial charge is 0.125 e. The SMILES string of the molecule is C=CCOC(N)CN=C. The summed E-state index contributed by atoms with van der Waals surface area (Å²) < 4.78 is 4.96. The lowest BCUT2D eigenvalue weighted by molar-refractivity contribution is 0.0864. The van der Waals surface area contributed by atoms with Crippen molar-refractivity contribution in [2.75, 3.05) is 13.2 Å². The van der Waals surface area contributed by atoms with Crippen LogP contribution in [0.15, 0.2) is 17.6 Å². The largest absolute Gasteiger partial charge is 0.358 e. The van der Waals surface area contributed by atoms with E-state index in [0.29, 0.717) is 13.2 Å². The van der Waals surface area contributed by atoms with Gasteiger partial charge in [0.1, 0.15) is 6.23 Å². The molecule has 0 rings (SSSR count). The zero-order valence-electron chi connectivity index (χ0n) is 5.42. The molecule has 0 aliphatic heterocycles. The molecule has 0 fully saturated rings. The number of ether oxygens (including phenoxy) is 1. The number of rotatable bonds is 5. The second-order valence-electron chi connectivity index (χ2n) is 1.57. The first kappa shape index (κ1) is 8.33. The van der Waals surface area contributed by atoms with E-state index in [4.69, 9.17) is 10.5 Å². The molecule has 2 N–H and O–H groups in total. The Morgan fingerprint density at radius 1 is 1.78 bits per heavy atom. The van der Waals surface area contributed by atoms with E-state index in [1.165, 1.54) is 0 Å². The molecule has 1 atom stereocenters. The summed E-state index contributed by atoms with van der Waals surface area (Å²) in [5.74, 6) is 0. The van der Waals surface area contributed by atoms with Crippen LogP contribution in [0, 0.1) is 0 Å². The fraction of sp³-hybridized carbons (Fsp3) is 0.500. The van der Waals surface area contributed by atoms with Gasteiger partial charge < -0.3 is 10.5 Å². The lowest BCUT2D eigenvalue weighted by Gasteiger charge is -2.06. The highest BCUT2D eigenvalue weighted by Gasteiger charge is 1.95. The zero-order chi connectivity index (χ0) is 7.11. The Morgan fingerprint density at radius 3 is 2.89 bits per heavy atom. The summed E-state index contributed by atoms with van der Waals surface area (Å²) in [5, 5.41) is 0. The molecule has 0 aliphatic rings. The van der Waals surface area contributed by atoms with E-state index in [-0.39, 0.29) is 6.23 Å². The van der Waals surface area contributed by atoms with Crippen LogP contribution >= 0.6 is 0 Å². The van der Waals surface area contributed by atoms with Crippen LogP contribution in [0.4, 0.5) is 0 Å². The Balaban J connectivity index is 3.14. The highest BCUT2D eigenvalue weighted by atomic mass is 16.5. The molecule has 0 saturated heterocycles. The fourth-order valence-corrected chi connectivity index (χ4v) is 0.372. The monoisotopic (exact) mass is 128 g/mol. The van der Waals surface area contributed by atoms with E-state index >= 15 is 0 Å². The van der Waals surface area contributed by atoms with Crippen molar-refractivity contribution in [3.05, 3.63) is 12.7 Å². The predicted molar refractivity (Wildman–Crippen MR) is 38.5 cm³/mol. The highest BCUT2D eigenvalue weighted by Crippen LogP contribution is 1.82. The van der Waals surface area contributed by atoms with E-state index in [2.05, 4.69) is 18.3 Å². The van der Waals surface area contributed by atoms with Crippen LogP contribution in [-0.4, -0.2) is 26.1 Å². The van der Waals surface area contributed by atoms with Crippen molar-refractivity contribution in [3.63, 3.8) is 0 Å². The molecular formula is C6H12N2O. The number of aliphatic imine (C=N–C) groups is 1. The van der Waals surface area contributed by atoms with E-state index in [1.54, 1.807) is 6.08 Å². The number of hydrogen-bond donors (Lipinski definition) is 1.